The summed E-state index contributed by atoms with van der Waals surface area (Å²) < 4.78 is 29.3. The van der Waals surface area contributed by atoms with Crippen molar-refractivity contribution in [3.05, 3.63) is 40.9 Å². The van der Waals surface area contributed by atoms with Crippen molar-refractivity contribution in [3.8, 4) is 6.07 Å². The molecular weight excluding hydrogens is 329 g/mol. The molecule has 2 aromatic rings. The van der Waals surface area contributed by atoms with Crippen LogP contribution >= 0.6 is 11.6 Å². The third-order valence-corrected chi connectivity index (χ3v) is 3.31. The summed E-state index contributed by atoms with van der Waals surface area (Å²) in [6.45, 7) is 0. The highest BCUT2D eigenvalue weighted by Gasteiger charge is 2.07. The number of nitriles is 1. The molecule has 0 aliphatic carbocycles. The van der Waals surface area contributed by atoms with Gasteiger partial charge in [-0.1, -0.05) is 11.6 Å². The minimum Gasteiger partial charge on any atom is -0.324 e. The van der Waals surface area contributed by atoms with Crippen molar-refractivity contribution in [2.45, 2.75) is 0 Å². The molecule has 0 radical (unpaired) electrons. The second-order valence-corrected chi connectivity index (χ2v) is 7.48. The molecule has 0 aliphatic rings. The van der Waals surface area contributed by atoms with E-state index in [-0.39, 0.29) is 22.4 Å². The van der Waals surface area contributed by atoms with Crippen LogP contribution in [0, 0.1) is 17.1 Å². The number of hydrogen-bond donors (Lipinski definition) is 1. The highest BCUT2D eigenvalue weighted by molar-refractivity contribution is 7.92. The zero-order valence-electron chi connectivity index (χ0n) is 11.7. The predicted molar refractivity (Wildman–Crippen MR) is 83.5 cm³/mol. The topological polar surface area (TPSA) is 91.0 Å². The third-order valence-electron chi connectivity index (χ3n) is 2.38. The molecule has 0 fully saturated rings. The Balaban J connectivity index is 2.29. The van der Waals surface area contributed by atoms with Crippen molar-refractivity contribution in [1.82, 2.24) is 9.97 Å². The van der Waals surface area contributed by atoms with E-state index < -0.39 is 15.5 Å². The van der Waals surface area contributed by atoms with E-state index in [1.807, 2.05) is 6.07 Å². The number of hydrogen-bond acceptors (Lipinski definition) is 6. The summed E-state index contributed by atoms with van der Waals surface area (Å²) in [7, 11) is -2.44. The Bertz CT molecular complexity index is 878. The molecule has 0 amide bonds. The van der Waals surface area contributed by atoms with Gasteiger partial charge in [-0.25, -0.2) is 13.6 Å². The van der Waals surface area contributed by atoms with Crippen molar-refractivity contribution in [2.75, 3.05) is 17.8 Å². The standard InChI is InChI=1S/C13H11ClFN5OS/c1-22(2,21)20-11-4-3-9(5-10(11)15)18-13-17-7-8(6-16)12(14)19-13/h3-5,7H,1-2H3,(H,17,18,19). The van der Waals surface area contributed by atoms with Crippen molar-refractivity contribution >= 4 is 38.7 Å². The van der Waals surface area contributed by atoms with E-state index in [1.54, 1.807) is 6.07 Å². The molecule has 22 heavy (non-hydrogen) atoms. The van der Waals surface area contributed by atoms with Gasteiger partial charge in [0.2, 0.25) is 5.95 Å². The van der Waals surface area contributed by atoms with E-state index in [4.69, 9.17) is 16.9 Å². The van der Waals surface area contributed by atoms with Crippen LogP contribution in [-0.2, 0) is 9.73 Å². The molecule has 114 valence electrons. The predicted octanol–water partition coefficient (Wildman–Crippen LogP) is 3.24. The molecule has 9 heteroatoms. The maximum absolute atomic E-state index is 13.9. The molecule has 0 saturated carbocycles. The van der Waals surface area contributed by atoms with Gasteiger partial charge in [-0.3, -0.25) is 0 Å². The highest BCUT2D eigenvalue weighted by atomic mass is 35.5. The summed E-state index contributed by atoms with van der Waals surface area (Å²) >= 11 is 5.79. The van der Waals surface area contributed by atoms with E-state index >= 15 is 0 Å². The van der Waals surface area contributed by atoms with E-state index in [9.17, 15) is 8.60 Å². The van der Waals surface area contributed by atoms with Gasteiger partial charge in [-0.05, 0) is 18.2 Å². The average molecular weight is 340 g/mol. The fourth-order valence-electron chi connectivity index (χ4n) is 1.52. The fraction of sp³-hybridized carbons (Fsp3) is 0.154. The van der Waals surface area contributed by atoms with Crippen LogP contribution in [0.5, 0.6) is 0 Å². The van der Waals surface area contributed by atoms with E-state index in [2.05, 4.69) is 19.6 Å². The summed E-state index contributed by atoms with van der Waals surface area (Å²) in [5, 5.41) is 11.5. The highest BCUT2D eigenvalue weighted by Crippen LogP contribution is 2.24. The molecule has 0 atom stereocenters. The molecule has 0 bridgehead atoms. The average Bonchev–Trinajstić information content (AvgIpc) is 2.41. The van der Waals surface area contributed by atoms with Crippen molar-refractivity contribution in [2.24, 2.45) is 4.36 Å². The first kappa shape index (κ1) is 16.1. The third kappa shape index (κ3) is 4.13. The van der Waals surface area contributed by atoms with Crippen LogP contribution < -0.4 is 5.32 Å². The SMILES string of the molecule is CS(C)(=O)=Nc1ccc(Nc2ncc(C#N)c(Cl)n2)cc1F. The minimum atomic E-state index is -2.44. The van der Waals surface area contributed by atoms with Gasteiger partial charge < -0.3 is 5.32 Å². The number of benzene rings is 1. The van der Waals surface area contributed by atoms with Crippen LogP contribution in [0.3, 0.4) is 0 Å². The van der Waals surface area contributed by atoms with Gasteiger partial charge >= 0.3 is 0 Å². The first-order valence-corrected chi connectivity index (χ1v) is 8.66. The Morgan fingerprint density at radius 2 is 2.18 bits per heavy atom. The molecule has 0 unspecified atom stereocenters. The van der Waals surface area contributed by atoms with Crippen LogP contribution in [0.4, 0.5) is 21.7 Å². The Morgan fingerprint density at radius 1 is 1.45 bits per heavy atom. The number of nitrogens with one attached hydrogen (secondary N) is 1. The minimum absolute atomic E-state index is 0.00352. The van der Waals surface area contributed by atoms with Gasteiger partial charge in [-0.2, -0.15) is 14.6 Å². The summed E-state index contributed by atoms with van der Waals surface area (Å²) in [5.74, 6) is -0.496. The van der Waals surface area contributed by atoms with Crippen LogP contribution in [0.15, 0.2) is 28.8 Å². The number of nitrogens with zero attached hydrogens (tertiary/aromatic N) is 4. The number of rotatable bonds is 3. The number of anilines is 2. The van der Waals surface area contributed by atoms with Gasteiger partial charge in [0.15, 0.2) is 11.0 Å². The number of halogens is 2. The summed E-state index contributed by atoms with van der Waals surface area (Å²) in [4.78, 5) is 7.78. The first-order chi connectivity index (χ1) is 10.3. The molecule has 0 saturated heterocycles. The quantitative estimate of drug-likeness (QED) is 0.867. The molecule has 2 rings (SSSR count). The Labute approximate surface area is 132 Å². The molecule has 6 nitrogen and oxygen atoms in total. The Kier molecular flexibility index (Phi) is 4.59. The van der Waals surface area contributed by atoms with E-state index in [0.29, 0.717) is 5.69 Å². The van der Waals surface area contributed by atoms with E-state index in [1.165, 1.54) is 30.8 Å². The molecular formula is C13H11ClFN5OS. The van der Waals surface area contributed by atoms with Crippen LogP contribution in [0.25, 0.3) is 0 Å². The van der Waals surface area contributed by atoms with Crippen LogP contribution in [0.2, 0.25) is 5.15 Å². The molecule has 0 aliphatic heterocycles. The molecule has 0 spiro atoms. The lowest BCUT2D eigenvalue weighted by Gasteiger charge is -2.06. The maximum Gasteiger partial charge on any atom is 0.228 e. The van der Waals surface area contributed by atoms with E-state index in [0.717, 1.165) is 0 Å². The van der Waals surface area contributed by atoms with Gasteiger partial charge in [0.1, 0.15) is 17.3 Å². The fourth-order valence-corrected chi connectivity index (χ4v) is 2.31. The first-order valence-electron chi connectivity index (χ1n) is 5.95. The van der Waals surface area contributed by atoms with Gasteiger partial charge in [0.25, 0.3) is 0 Å². The molecule has 1 N–H and O–H groups in total. The molecule has 1 aromatic heterocycles. The monoisotopic (exact) mass is 339 g/mol. The lowest BCUT2D eigenvalue weighted by molar-refractivity contribution is 0.630. The van der Waals surface area contributed by atoms with Crippen molar-refractivity contribution in [1.29, 1.82) is 5.26 Å². The lowest BCUT2D eigenvalue weighted by atomic mass is 10.3. The van der Waals surface area contributed by atoms with Crippen LogP contribution in [-0.4, -0.2) is 26.7 Å². The summed E-state index contributed by atoms with van der Waals surface area (Å²) in [6.07, 6.45) is 4.11. The van der Waals surface area contributed by atoms with Gasteiger partial charge in [0, 0.05) is 27.9 Å². The second-order valence-electron chi connectivity index (χ2n) is 4.57. The largest absolute Gasteiger partial charge is 0.324 e. The van der Waals surface area contributed by atoms with Gasteiger partial charge in [0.05, 0.1) is 6.20 Å². The summed E-state index contributed by atoms with van der Waals surface area (Å²) in [6, 6.07) is 5.96. The Hall–Kier alpha value is -2.24. The zero-order valence-corrected chi connectivity index (χ0v) is 13.2. The van der Waals surface area contributed by atoms with Crippen molar-refractivity contribution < 1.29 is 8.60 Å². The van der Waals surface area contributed by atoms with Gasteiger partial charge in [-0.15, -0.1) is 0 Å². The maximum atomic E-state index is 13.9. The Morgan fingerprint density at radius 3 is 2.73 bits per heavy atom. The molecule has 1 aromatic carbocycles. The lowest BCUT2D eigenvalue weighted by Crippen LogP contribution is -1.99. The second kappa shape index (κ2) is 6.25. The smallest absolute Gasteiger partial charge is 0.228 e. The zero-order chi connectivity index (χ0) is 16.3. The van der Waals surface area contributed by atoms with Crippen LogP contribution in [0.1, 0.15) is 5.56 Å². The van der Waals surface area contributed by atoms with Crippen molar-refractivity contribution in [3.63, 3.8) is 0 Å². The normalized spacial score (nSPS) is 10.9. The number of aromatic nitrogens is 2. The summed E-state index contributed by atoms with van der Waals surface area (Å²) in [5.41, 5.74) is 0.531. The molecule has 1 heterocycles.